The summed E-state index contributed by atoms with van der Waals surface area (Å²) in [6.45, 7) is 9.08. The van der Waals surface area contributed by atoms with Crippen LogP contribution < -0.4 is 4.90 Å². The number of para-hydroxylation sites is 1. The maximum Gasteiger partial charge on any atom is 0.274 e. The molecule has 1 amide bonds. The normalized spacial score (nSPS) is 13.6. The van der Waals surface area contributed by atoms with Gasteiger partial charge in [-0.05, 0) is 51.1 Å². The van der Waals surface area contributed by atoms with Crippen LogP contribution in [0.25, 0.3) is 5.69 Å². The number of piperazine rings is 1. The summed E-state index contributed by atoms with van der Waals surface area (Å²) in [6.07, 6.45) is 0.892. The van der Waals surface area contributed by atoms with E-state index in [0.717, 1.165) is 62.0 Å². The van der Waals surface area contributed by atoms with Gasteiger partial charge in [-0.15, -0.1) is 24.8 Å². The number of hydrogen-bond donors (Lipinski definition) is 0. The zero-order chi connectivity index (χ0) is 25.1. The van der Waals surface area contributed by atoms with Gasteiger partial charge in [0.2, 0.25) is 0 Å². The highest BCUT2D eigenvalue weighted by Crippen LogP contribution is 2.33. The number of imidazole rings is 1. The van der Waals surface area contributed by atoms with Gasteiger partial charge in [0, 0.05) is 39.8 Å². The van der Waals surface area contributed by atoms with E-state index in [1.165, 1.54) is 0 Å². The first-order valence-electron chi connectivity index (χ1n) is 11.8. The number of benzene rings is 2. The van der Waals surface area contributed by atoms with Crippen LogP contribution in [0.3, 0.4) is 0 Å². The Labute approximate surface area is 246 Å². The number of hydrogen-bond acceptors (Lipinski definition) is 4. The average Bonchev–Trinajstić information content (AvgIpc) is 3.14. The predicted molar refractivity (Wildman–Crippen MR) is 159 cm³/mol. The molecule has 6 nitrogen and oxygen atoms in total. The second-order valence-electron chi connectivity index (χ2n) is 8.86. The fourth-order valence-corrected chi connectivity index (χ4v) is 5.23. The number of halogens is 5. The van der Waals surface area contributed by atoms with Crippen molar-refractivity contribution >= 4 is 71.2 Å². The van der Waals surface area contributed by atoms with Crippen LogP contribution in [-0.2, 0) is 0 Å². The number of amides is 1. The Morgan fingerprint density at radius 1 is 0.919 bits per heavy atom. The van der Waals surface area contributed by atoms with Crippen molar-refractivity contribution in [2.75, 3.05) is 51.2 Å². The molecular formula is C26H32Cl5N5O. The van der Waals surface area contributed by atoms with Gasteiger partial charge >= 0.3 is 0 Å². The van der Waals surface area contributed by atoms with Crippen LogP contribution in [0.15, 0.2) is 42.5 Å². The summed E-state index contributed by atoms with van der Waals surface area (Å²) in [4.78, 5) is 24.2. The summed E-state index contributed by atoms with van der Waals surface area (Å²) in [6, 6.07) is 13.3. The smallest absolute Gasteiger partial charge is 0.274 e. The number of aryl methyl sites for hydroxylation is 1. The van der Waals surface area contributed by atoms with E-state index < -0.39 is 0 Å². The molecule has 0 saturated carbocycles. The van der Waals surface area contributed by atoms with Gasteiger partial charge in [0.25, 0.3) is 5.91 Å². The van der Waals surface area contributed by atoms with Crippen LogP contribution >= 0.6 is 59.6 Å². The van der Waals surface area contributed by atoms with E-state index in [4.69, 9.17) is 34.8 Å². The third kappa shape index (κ3) is 7.05. The van der Waals surface area contributed by atoms with Crippen molar-refractivity contribution in [1.82, 2.24) is 19.4 Å². The van der Waals surface area contributed by atoms with Crippen LogP contribution in [0.2, 0.25) is 15.1 Å². The van der Waals surface area contributed by atoms with Crippen molar-refractivity contribution < 1.29 is 4.79 Å². The summed E-state index contributed by atoms with van der Waals surface area (Å²) < 4.78 is 1.94. The third-order valence-corrected chi connectivity index (χ3v) is 7.66. The van der Waals surface area contributed by atoms with Crippen molar-refractivity contribution in [3.8, 4) is 5.69 Å². The van der Waals surface area contributed by atoms with Crippen LogP contribution in [0.1, 0.15) is 28.4 Å². The average molecular weight is 608 g/mol. The van der Waals surface area contributed by atoms with Gasteiger partial charge in [-0.3, -0.25) is 14.3 Å². The highest BCUT2D eigenvalue weighted by atomic mass is 35.5. The van der Waals surface area contributed by atoms with E-state index in [9.17, 15) is 4.79 Å². The lowest BCUT2D eigenvalue weighted by Gasteiger charge is -2.36. The molecule has 0 aliphatic carbocycles. The molecular weight excluding hydrogens is 576 g/mol. The fourth-order valence-electron chi connectivity index (χ4n) is 4.59. The molecule has 11 heteroatoms. The van der Waals surface area contributed by atoms with Gasteiger partial charge in [0.1, 0.15) is 11.5 Å². The summed E-state index contributed by atoms with van der Waals surface area (Å²) in [5.74, 6) is 0.668. The van der Waals surface area contributed by atoms with E-state index in [2.05, 4.69) is 14.8 Å². The standard InChI is InChI=1S/C26H30Cl3N5O.2ClH/c1-18-25(30-19(2)34(18)22-10-5-4-8-20(22)27)26(35)31(3)12-7-13-32-14-16-33(17-15-32)23-11-6-9-21(28)24(23)29;;/h4-6,8-11H,7,12-17H2,1-3H3;2*1H. The van der Waals surface area contributed by atoms with Gasteiger partial charge in [0.15, 0.2) is 0 Å². The number of carbonyl (C=O) groups is 1. The second-order valence-corrected chi connectivity index (χ2v) is 10.1. The monoisotopic (exact) mass is 605 g/mol. The number of anilines is 1. The second kappa shape index (κ2) is 13.9. The van der Waals surface area contributed by atoms with Gasteiger partial charge in [-0.1, -0.05) is 53.0 Å². The van der Waals surface area contributed by atoms with Crippen LogP contribution in [0.4, 0.5) is 5.69 Å². The first kappa shape index (κ1) is 31.5. The van der Waals surface area contributed by atoms with Crippen molar-refractivity contribution in [2.24, 2.45) is 0 Å². The lowest BCUT2D eigenvalue weighted by molar-refractivity contribution is 0.0782. The van der Waals surface area contributed by atoms with Crippen molar-refractivity contribution in [2.45, 2.75) is 20.3 Å². The first-order chi connectivity index (χ1) is 16.8. The van der Waals surface area contributed by atoms with Crippen molar-refractivity contribution in [3.05, 3.63) is 74.7 Å². The quantitative estimate of drug-likeness (QED) is 0.305. The third-order valence-electron chi connectivity index (χ3n) is 6.53. The van der Waals surface area contributed by atoms with Gasteiger partial charge < -0.3 is 9.80 Å². The summed E-state index contributed by atoms with van der Waals surface area (Å²) in [7, 11) is 1.84. The van der Waals surface area contributed by atoms with Crippen LogP contribution in [0.5, 0.6) is 0 Å². The minimum Gasteiger partial charge on any atom is -0.368 e. The SMILES string of the molecule is Cc1nc(C(=O)N(C)CCCN2CCN(c3cccc(Cl)c3Cl)CC2)c(C)n1-c1ccccc1Cl.Cl.Cl. The molecule has 2 heterocycles. The minimum absolute atomic E-state index is 0. The molecule has 37 heavy (non-hydrogen) atoms. The van der Waals surface area contributed by atoms with Gasteiger partial charge in [-0.25, -0.2) is 4.98 Å². The lowest BCUT2D eigenvalue weighted by Crippen LogP contribution is -2.47. The van der Waals surface area contributed by atoms with Crippen LogP contribution in [0, 0.1) is 13.8 Å². The lowest BCUT2D eigenvalue weighted by atomic mass is 10.2. The van der Waals surface area contributed by atoms with Gasteiger partial charge in [-0.2, -0.15) is 0 Å². The molecule has 1 saturated heterocycles. The Hall–Kier alpha value is -1.67. The maximum absolute atomic E-state index is 13.2. The fraction of sp³-hybridized carbons (Fsp3) is 0.385. The Bertz CT molecular complexity index is 1210. The zero-order valence-corrected chi connectivity index (χ0v) is 25.0. The van der Waals surface area contributed by atoms with E-state index in [1.54, 1.807) is 4.90 Å². The van der Waals surface area contributed by atoms with E-state index in [1.807, 2.05) is 67.9 Å². The molecule has 4 rings (SSSR count). The maximum atomic E-state index is 13.2. The Morgan fingerprint density at radius 2 is 1.54 bits per heavy atom. The molecule has 2 aromatic carbocycles. The largest absolute Gasteiger partial charge is 0.368 e. The zero-order valence-electron chi connectivity index (χ0n) is 21.1. The molecule has 0 unspecified atom stereocenters. The summed E-state index contributed by atoms with van der Waals surface area (Å²) in [5, 5.41) is 1.83. The molecule has 1 aromatic heterocycles. The molecule has 202 valence electrons. The Morgan fingerprint density at radius 3 is 2.22 bits per heavy atom. The Kier molecular flexibility index (Phi) is 11.9. The molecule has 0 N–H and O–H groups in total. The van der Waals surface area contributed by atoms with Crippen molar-refractivity contribution in [3.63, 3.8) is 0 Å². The molecule has 1 aliphatic heterocycles. The predicted octanol–water partition coefficient (Wildman–Crippen LogP) is 6.58. The van der Waals surface area contributed by atoms with E-state index in [0.29, 0.717) is 27.3 Å². The molecule has 1 fully saturated rings. The molecule has 3 aromatic rings. The Balaban J connectivity index is 0.00000241. The molecule has 0 bridgehead atoms. The highest BCUT2D eigenvalue weighted by Gasteiger charge is 2.23. The number of aromatic nitrogens is 2. The van der Waals surface area contributed by atoms with Crippen LogP contribution in [-0.4, -0.2) is 71.6 Å². The molecule has 0 radical (unpaired) electrons. The molecule has 0 spiro atoms. The van der Waals surface area contributed by atoms with E-state index >= 15 is 0 Å². The summed E-state index contributed by atoms with van der Waals surface area (Å²) >= 11 is 19.0. The van der Waals surface area contributed by atoms with Crippen molar-refractivity contribution in [1.29, 1.82) is 0 Å². The van der Waals surface area contributed by atoms with E-state index in [-0.39, 0.29) is 30.7 Å². The number of rotatable bonds is 7. The highest BCUT2D eigenvalue weighted by molar-refractivity contribution is 6.43. The number of nitrogens with zero attached hydrogens (tertiary/aromatic N) is 5. The summed E-state index contributed by atoms with van der Waals surface area (Å²) in [5.41, 5.74) is 3.09. The molecule has 1 aliphatic rings. The minimum atomic E-state index is -0.0724. The first-order valence-corrected chi connectivity index (χ1v) is 12.9. The van der Waals surface area contributed by atoms with Gasteiger partial charge in [0.05, 0.1) is 32.1 Å². The molecule has 0 atom stereocenters. The topological polar surface area (TPSA) is 44.6 Å². The number of carbonyl (C=O) groups excluding carboxylic acids is 1.